The molecule has 28 heavy (non-hydrogen) atoms. The van der Waals surface area contributed by atoms with Crippen LogP contribution in [0.25, 0.3) is 21.3 Å². The van der Waals surface area contributed by atoms with Gasteiger partial charge in [-0.15, -0.1) is 0 Å². The Labute approximate surface area is 167 Å². The quantitative estimate of drug-likeness (QED) is 0.601. The summed E-state index contributed by atoms with van der Waals surface area (Å²) in [4.78, 5) is 20.6. The summed E-state index contributed by atoms with van der Waals surface area (Å²) in [7, 11) is 1.63. The fourth-order valence-corrected chi connectivity index (χ4v) is 3.34. The van der Waals surface area contributed by atoms with E-state index in [9.17, 15) is 4.79 Å². The number of methoxy groups -OCH3 is 1. The molecule has 0 saturated heterocycles. The van der Waals surface area contributed by atoms with Gasteiger partial charge in [0, 0.05) is 18.9 Å². The van der Waals surface area contributed by atoms with Crippen LogP contribution in [0.15, 0.2) is 36.7 Å². The van der Waals surface area contributed by atoms with Crippen LogP contribution in [0.4, 0.5) is 9.93 Å². The predicted molar refractivity (Wildman–Crippen MR) is 110 cm³/mol. The van der Waals surface area contributed by atoms with E-state index in [-0.39, 0.29) is 0 Å². The summed E-state index contributed by atoms with van der Waals surface area (Å²) in [5.41, 5.74) is 2.17. The zero-order valence-corrected chi connectivity index (χ0v) is 17.1. The molecule has 0 saturated carbocycles. The van der Waals surface area contributed by atoms with E-state index in [4.69, 9.17) is 14.2 Å². The summed E-state index contributed by atoms with van der Waals surface area (Å²) in [6.45, 7) is 6.44. The molecule has 0 aliphatic heterocycles. The molecule has 0 radical (unpaired) electrons. The number of fused-ring (bicyclic) bond motifs is 1. The number of pyridine rings is 1. The summed E-state index contributed by atoms with van der Waals surface area (Å²) >= 11 is 1.39. The smallest absolute Gasteiger partial charge is 0.413 e. The van der Waals surface area contributed by atoms with Gasteiger partial charge in [0.2, 0.25) is 0 Å². The molecule has 148 valence electrons. The molecule has 0 bridgehead atoms. The normalized spacial score (nSPS) is 11.4. The standard InChI is InChI=1S/C20H23N3O4S/c1-20(2,3)27-19(24)23-18-22-16-6-5-13(10-17(16)28-18)14-9-15(12-21-11-14)26-8-7-25-4/h5-6,9-12H,7-8H2,1-4H3,(H,22,23,24). The largest absolute Gasteiger partial charge is 0.490 e. The van der Waals surface area contributed by atoms with E-state index in [0.29, 0.717) is 24.1 Å². The number of rotatable bonds is 6. The summed E-state index contributed by atoms with van der Waals surface area (Å²) in [6.07, 6.45) is 2.94. The number of nitrogens with one attached hydrogen (secondary N) is 1. The Balaban J connectivity index is 1.77. The van der Waals surface area contributed by atoms with Gasteiger partial charge in [0.25, 0.3) is 0 Å². The van der Waals surface area contributed by atoms with Crippen LogP contribution in [0.5, 0.6) is 5.75 Å². The van der Waals surface area contributed by atoms with Gasteiger partial charge < -0.3 is 14.2 Å². The first kappa shape index (κ1) is 20.0. The average Bonchev–Trinajstić information content (AvgIpc) is 3.01. The van der Waals surface area contributed by atoms with Gasteiger partial charge in [-0.25, -0.2) is 9.78 Å². The van der Waals surface area contributed by atoms with E-state index in [0.717, 1.165) is 21.3 Å². The van der Waals surface area contributed by atoms with Gasteiger partial charge in [-0.2, -0.15) is 0 Å². The van der Waals surface area contributed by atoms with Gasteiger partial charge in [-0.1, -0.05) is 17.4 Å². The van der Waals surface area contributed by atoms with E-state index < -0.39 is 11.7 Å². The van der Waals surface area contributed by atoms with Gasteiger partial charge in [-0.3, -0.25) is 10.3 Å². The zero-order chi connectivity index (χ0) is 20.1. The van der Waals surface area contributed by atoms with E-state index in [1.54, 1.807) is 19.5 Å². The van der Waals surface area contributed by atoms with Crippen molar-refractivity contribution in [3.63, 3.8) is 0 Å². The van der Waals surface area contributed by atoms with Crippen molar-refractivity contribution in [1.82, 2.24) is 9.97 Å². The lowest BCUT2D eigenvalue weighted by atomic mass is 10.1. The molecule has 0 aliphatic carbocycles. The molecule has 2 aromatic heterocycles. The first-order valence-electron chi connectivity index (χ1n) is 8.82. The maximum Gasteiger partial charge on any atom is 0.413 e. The minimum Gasteiger partial charge on any atom is -0.490 e. The van der Waals surface area contributed by atoms with Crippen LogP contribution in [-0.4, -0.2) is 42.0 Å². The first-order valence-corrected chi connectivity index (χ1v) is 9.63. The van der Waals surface area contributed by atoms with Gasteiger partial charge >= 0.3 is 6.09 Å². The van der Waals surface area contributed by atoms with Crippen LogP contribution in [0, 0.1) is 0 Å². The molecule has 3 aromatic rings. The third-order valence-corrected chi connectivity index (χ3v) is 4.53. The van der Waals surface area contributed by atoms with Crippen LogP contribution in [0.1, 0.15) is 20.8 Å². The molecule has 1 N–H and O–H groups in total. The van der Waals surface area contributed by atoms with Crippen LogP contribution in [0.3, 0.4) is 0 Å². The monoisotopic (exact) mass is 401 g/mol. The first-order chi connectivity index (χ1) is 13.3. The molecule has 3 rings (SSSR count). The van der Waals surface area contributed by atoms with Crippen molar-refractivity contribution in [1.29, 1.82) is 0 Å². The minimum absolute atomic E-state index is 0.467. The highest BCUT2D eigenvalue weighted by Gasteiger charge is 2.17. The summed E-state index contributed by atoms with van der Waals surface area (Å²) in [6, 6.07) is 7.84. The third-order valence-electron chi connectivity index (χ3n) is 3.60. The predicted octanol–water partition coefficient (Wildman–Crippen LogP) is 4.73. The molecule has 0 fully saturated rings. The Kier molecular flexibility index (Phi) is 6.11. The molecule has 0 spiro atoms. The number of hydrogen-bond donors (Lipinski definition) is 1. The van der Waals surface area contributed by atoms with Crippen molar-refractivity contribution in [2.24, 2.45) is 0 Å². The molecular weight excluding hydrogens is 378 g/mol. The van der Waals surface area contributed by atoms with Crippen molar-refractivity contribution in [2.75, 3.05) is 25.6 Å². The van der Waals surface area contributed by atoms with Gasteiger partial charge in [0.05, 0.1) is 23.0 Å². The molecule has 0 atom stereocenters. The van der Waals surface area contributed by atoms with Crippen LogP contribution < -0.4 is 10.1 Å². The Bertz CT molecular complexity index is 965. The number of anilines is 1. The average molecular weight is 401 g/mol. The number of carbonyl (C=O) groups excluding carboxylic acids is 1. The summed E-state index contributed by atoms with van der Waals surface area (Å²) in [5.74, 6) is 0.686. The Morgan fingerprint density at radius 3 is 2.71 bits per heavy atom. The van der Waals surface area contributed by atoms with Crippen molar-refractivity contribution < 1.29 is 19.0 Å². The molecule has 1 amide bonds. The molecule has 0 aliphatic rings. The maximum atomic E-state index is 11.9. The third kappa shape index (κ3) is 5.40. The number of thiazole rings is 1. The lowest BCUT2D eigenvalue weighted by Crippen LogP contribution is -2.27. The van der Waals surface area contributed by atoms with E-state index in [1.807, 2.05) is 45.0 Å². The highest BCUT2D eigenvalue weighted by molar-refractivity contribution is 7.22. The summed E-state index contributed by atoms with van der Waals surface area (Å²) in [5, 5.41) is 3.18. The second-order valence-electron chi connectivity index (χ2n) is 7.08. The van der Waals surface area contributed by atoms with Gasteiger partial charge in [-0.05, 0) is 44.5 Å². The second-order valence-corrected chi connectivity index (χ2v) is 8.11. The Hall–Kier alpha value is -2.71. The molecule has 7 nitrogen and oxygen atoms in total. The van der Waals surface area contributed by atoms with Crippen LogP contribution in [-0.2, 0) is 9.47 Å². The number of benzene rings is 1. The number of hydrogen-bond acceptors (Lipinski definition) is 7. The second kappa shape index (κ2) is 8.53. The number of amides is 1. The van der Waals surface area contributed by atoms with Crippen molar-refractivity contribution in [3.8, 4) is 16.9 Å². The molecule has 8 heteroatoms. The van der Waals surface area contributed by atoms with Crippen LogP contribution >= 0.6 is 11.3 Å². The highest BCUT2D eigenvalue weighted by Crippen LogP contribution is 2.31. The lowest BCUT2D eigenvalue weighted by Gasteiger charge is -2.18. The zero-order valence-electron chi connectivity index (χ0n) is 16.3. The lowest BCUT2D eigenvalue weighted by molar-refractivity contribution is 0.0636. The number of carbonyl (C=O) groups is 1. The number of ether oxygens (including phenoxy) is 3. The van der Waals surface area contributed by atoms with Gasteiger partial charge in [0.15, 0.2) is 5.13 Å². The van der Waals surface area contributed by atoms with Crippen molar-refractivity contribution >= 4 is 32.8 Å². The SMILES string of the molecule is COCCOc1cncc(-c2ccc3nc(NC(=O)OC(C)(C)C)sc3c2)c1. The minimum atomic E-state index is -0.558. The maximum absolute atomic E-state index is 11.9. The molecular formula is C20H23N3O4S. The van der Waals surface area contributed by atoms with Crippen molar-refractivity contribution in [2.45, 2.75) is 26.4 Å². The Morgan fingerprint density at radius 1 is 1.14 bits per heavy atom. The van der Waals surface area contributed by atoms with E-state index >= 15 is 0 Å². The number of nitrogens with zero attached hydrogens (tertiary/aromatic N) is 2. The topological polar surface area (TPSA) is 82.6 Å². The molecule has 1 aromatic carbocycles. The fraction of sp³-hybridized carbons (Fsp3) is 0.350. The molecule has 2 heterocycles. The van der Waals surface area contributed by atoms with Crippen LogP contribution in [0.2, 0.25) is 0 Å². The molecule has 0 unspecified atom stereocenters. The van der Waals surface area contributed by atoms with E-state index in [1.165, 1.54) is 11.3 Å². The number of aromatic nitrogens is 2. The Morgan fingerprint density at radius 2 is 1.96 bits per heavy atom. The van der Waals surface area contributed by atoms with Gasteiger partial charge in [0.1, 0.15) is 18.0 Å². The highest BCUT2D eigenvalue weighted by atomic mass is 32.1. The summed E-state index contributed by atoms with van der Waals surface area (Å²) < 4.78 is 16.8. The van der Waals surface area contributed by atoms with Crippen molar-refractivity contribution in [3.05, 3.63) is 36.7 Å². The fourth-order valence-electron chi connectivity index (χ4n) is 2.45. The van der Waals surface area contributed by atoms with E-state index in [2.05, 4.69) is 15.3 Å².